The topological polar surface area (TPSA) is 105 Å². The van der Waals surface area contributed by atoms with Crippen LogP contribution in [0.1, 0.15) is 87.6 Å². The fourth-order valence-corrected chi connectivity index (χ4v) is 7.22. The number of amides is 2. The molecule has 1 saturated carbocycles. The lowest BCUT2D eigenvalue weighted by molar-refractivity contribution is -0.145. The van der Waals surface area contributed by atoms with E-state index in [0.717, 1.165) is 43.7 Å². The van der Waals surface area contributed by atoms with Gasteiger partial charge >= 0.3 is 5.97 Å². The Kier molecular flexibility index (Phi) is 11.4. The Bertz CT molecular complexity index is 1960. The predicted octanol–water partition coefficient (Wildman–Crippen LogP) is 9.33. The number of carbonyl (C=O) groups is 3. The number of carboxylic acid groups (broad SMARTS) is 1. The van der Waals surface area contributed by atoms with Gasteiger partial charge in [-0.3, -0.25) is 9.59 Å². The van der Waals surface area contributed by atoms with Gasteiger partial charge in [-0.15, -0.1) is 0 Å². The third kappa shape index (κ3) is 9.64. The Balaban J connectivity index is 1.16. The second kappa shape index (κ2) is 16.0. The van der Waals surface area contributed by atoms with Crippen molar-refractivity contribution in [1.82, 2.24) is 10.2 Å². The van der Waals surface area contributed by atoms with Crippen molar-refractivity contribution < 1.29 is 37.7 Å². The van der Waals surface area contributed by atoms with Gasteiger partial charge in [-0.25, -0.2) is 13.6 Å². The lowest BCUT2D eigenvalue weighted by atomic mass is 9.87. The molecule has 1 aliphatic carbocycles. The molecule has 2 atom stereocenters. The molecule has 2 amide bonds. The normalized spacial score (nSPS) is 16.7. The fraction of sp³-hybridized carbons (Fsp3) is 0.386. The summed E-state index contributed by atoms with van der Waals surface area (Å²) in [5.41, 5.74) is 3.44. The first-order valence-corrected chi connectivity index (χ1v) is 18.6. The lowest BCUT2D eigenvalue weighted by Gasteiger charge is -2.37. The van der Waals surface area contributed by atoms with Gasteiger partial charge in [0.25, 0.3) is 5.92 Å². The second-order valence-electron chi connectivity index (χ2n) is 15.7. The summed E-state index contributed by atoms with van der Waals surface area (Å²) in [5, 5.41) is 12.9. The summed E-state index contributed by atoms with van der Waals surface area (Å²) in [6.45, 7) is 7.49. The Hall–Kier alpha value is -5.25. The average molecular weight is 739 g/mol. The molecule has 0 bridgehead atoms. The minimum Gasteiger partial charge on any atom is -0.480 e. The molecule has 1 fully saturated rings. The minimum atomic E-state index is -3.01. The first-order chi connectivity index (χ1) is 25.6. The second-order valence-corrected chi connectivity index (χ2v) is 15.7. The highest BCUT2D eigenvalue weighted by Gasteiger charge is 2.37. The summed E-state index contributed by atoms with van der Waals surface area (Å²) < 4.78 is 39.5. The van der Waals surface area contributed by atoms with Gasteiger partial charge in [-0.2, -0.15) is 0 Å². The van der Waals surface area contributed by atoms with E-state index in [1.807, 2.05) is 30.3 Å². The summed E-state index contributed by atoms with van der Waals surface area (Å²) in [6, 6.07) is 23.8. The van der Waals surface area contributed by atoms with Gasteiger partial charge in [0.15, 0.2) is 0 Å². The summed E-state index contributed by atoms with van der Waals surface area (Å²) in [6.07, 6.45) is 4.69. The number of fused-ring (bicyclic) bond motifs is 1. The van der Waals surface area contributed by atoms with Crippen LogP contribution in [0.3, 0.4) is 0 Å². The molecule has 0 spiro atoms. The van der Waals surface area contributed by atoms with Gasteiger partial charge in [0.05, 0.1) is 0 Å². The molecule has 6 rings (SSSR count). The Morgan fingerprint density at radius 2 is 1.41 bits per heavy atom. The maximum Gasteiger partial charge on any atom is 0.326 e. The number of carboxylic acids is 1. The molecule has 0 unspecified atom stereocenters. The van der Waals surface area contributed by atoms with Gasteiger partial charge in [-0.05, 0) is 95.0 Å². The number of nitrogens with zero attached hydrogens (tertiary/aromatic N) is 1. The Morgan fingerprint density at radius 1 is 0.796 bits per heavy atom. The molecule has 2 N–H and O–H groups in total. The van der Waals surface area contributed by atoms with Gasteiger partial charge in [-0.1, -0.05) is 76.1 Å². The first-order valence-electron chi connectivity index (χ1n) is 18.6. The standard InChI is InChI=1S/C44H48F2N2O6/c1-43(2,3)32-15-20-35(21-16-32)54-37-19-14-30-25-39(48(27-31(30)24-37)40(49)23-28-8-5-6-9-28)41(50)47-38(42(51)52)22-29-12-17-34(18-13-29)53-36-11-7-10-33(26-36)44(4,45)46/h7,10-21,24,26,28,38-39H,5-6,8-9,22-23,25,27H2,1-4H3,(H,47,50)(H,51,52)/t38-,39-/m0/s1. The van der Waals surface area contributed by atoms with Crippen LogP contribution < -0.4 is 14.8 Å². The number of nitrogens with one attached hydrogen (secondary N) is 1. The average Bonchev–Trinajstić information content (AvgIpc) is 3.64. The largest absolute Gasteiger partial charge is 0.480 e. The molecule has 0 aromatic heterocycles. The number of hydrogen-bond donors (Lipinski definition) is 2. The van der Waals surface area contributed by atoms with Crippen molar-refractivity contribution in [3.8, 4) is 23.0 Å². The number of ether oxygens (including phenoxy) is 2. The van der Waals surface area contributed by atoms with E-state index in [1.54, 1.807) is 35.2 Å². The molecular weight excluding hydrogens is 690 g/mol. The number of alkyl halides is 2. The van der Waals surface area contributed by atoms with Crippen LogP contribution in [-0.2, 0) is 45.1 Å². The molecule has 4 aromatic carbocycles. The van der Waals surface area contributed by atoms with E-state index in [4.69, 9.17) is 9.47 Å². The van der Waals surface area contributed by atoms with Crippen LogP contribution in [0.2, 0.25) is 0 Å². The smallest absolute Gasteiger partial charge is 0.326 e. The van der Waals surface area contributed by atoms with E-state index in [0.29, 0.717) is 29.2 Å². The van der Waals surface area contributed by atoms with Crippen molar-refractivity contribution in [3.05, 3.63) is 119 Å². The predicted molar refractivity (Wildman–Crippen MR) is 202 cm³/mol. The molecule has 54 heavy (non-hydrogen) atoms. The van der Waals surface area contributed by atoms with Crippen molar-refractivity contribution in [2.24, 2.45) is 5.92 Å². The molecule has 4 aromatic rings. The van der Waals surface area contributed by atoms with E-state index in [2.05, 4.69) is 38.2 Å². The van der Waals surface area contributed by atoms with E-state index < -0.39 is 29.9 Å². The number of halogens is 2. The first kappa shape index (κ1) is 38.5. The van der Waals surface area contributed by atoms with E-state index in [1.165, 1.54) is 23.8 Å². The number of aliphatic carboxylic acids is 1. The van der Waals surface area contributed by atoms with Crippen LogP contribution in [0.15, 0.2) is 91.0 Å². The fourth-order valence-electron chi connectivity index (χ4n) is 7.22. The van der Waals surface area contributed by atoms with Crippen molar-refractivity contribution >= 4 is 17.8 Å². The lowest BCUT2D eigenvalue weighted by Crippen LogP contribution is -2.56. The molecule has 2 aliphatic rings. The zero-order chi connectivity index (χ0) is 38.6. The van der Waals surface area contributed by atoms with Gasteiger partial charge in [0, 0.05) is 38.3 Å². The van der Waals surface area contributed by atoms with Gasteiger partial charge < -0.3 is 24.8 Å². The molecular formula is C44H48F2N2O6. The molecule has 10 heteroatoms. The number of carbonyl (C=O) groups excluding carboxylic acids is 2. The van der Waals surface area contributed by atoms with Gasteiger partial charge in [0.1, 0.15) is 35.1 Å². The molecule has 0 saturated heterocycles. The van der Waals surface area contributed by atoms with Crippen LogP contribution in [0.4, 0.5) is 8.78 Å². The van der Waals surface area contributed by atoms with E-state index in [9.17, 15) is 28.3 Å². The summed E-state index contributed by atoms with van der Waals surface area (Å²) in [7, 11) is 0. The number of hydrogen-bond acceptors (Lipinski definition) is 5. The monoisotopic (exact) mass is 738 g/mol. The van der Waals surface area contributed by atoms with Crippen LogP contribution >= 0.6 is 0 Å². The molecule has 1 aliphatic heterocycles. The number of rotatable bonds is 12. The Morgan fingerprint density at radius 3 is 2.02 bits per heavy atom. The van der Waals surface area contributed by atoms with Crippen molar-refractivity contribution in [1.29, 1.82) is 0 Å². The van der Waals surface area contributed by atoms with Crippen LogP contribution in [0, 0.1) is 5.92 Å². The third-order valence-electron chi connectivity index (χ3n) is 10.4. The zero-order valence-electron chi connectivity index (χ0n) is 31.2. The van der Waals surface area contributed by atoms with Crippen molar-refractivity contribution in [2.75, 3.05) is 0 Å². The molecule has 1 heterocycles. The van der Waals surface area contributed by atoms with E-state index in [-0.39, 0.29) is 47.9 Å². The quantitative estimate of drug-likeness (QED) is 0.150. The van der Waals surface area contributed by atoms with Crippen LogP contribution in [-0.4, -0.2) is 39.9 Å². The van der Waals surface area contributed by atoms with E-state index >= 15 is 0 Å². The molecule has 0 radical (unpaired) electrons. The Labute approximate surface area is 315 Å². The van der Waals surface area contributed by atoms with Crippen LogP contribution in [0.5, 0.6) is 23.0 Å². The maximum absolute atomic E-state index is 14.0. The molecule has 8 nitrogen and oxygen atoms in total. The van der Waals surface area contributed by atoms with Crippen molar-refractivity contribution in [2.45, 2.75) is 103 Å². The minimum absolute atomic E-state index is 0.0170. The van der Waals surface area contributed by atoms with Gasteiger partial charge in [0.2, 0.25) is 11.8 Å². The summed E-state index contributed by atoms with van der Waals surface area (Å²) >= 11 is 0. The SMILES string of the molecule is CC(C)(C)c1ccc(Oc2ccc3c(c2)CN(C(=O)CC2CCCC2)[C@H](C(=O)N[C@@H](Cc2ccc(Oc4cccc(C(C)(F)F)c4)cc2)C(=O)O)C3)cc1. The van der Waals surface area contributed by atoms with Crippen molar-refractivity contribution in [3.63, 3.8) is 0 Å². The zero-order valence-corrected chi connectivity index (χ0v) is 31.2. The summed E-state index contributed by atoms with van der Waals surface area (Å²) in [5.74, 6) is -2.65. The molecule has 284 valence electrons. The highest BCUT2D eigenvalue weighted by Crippen LogP contribution is 2.34. The highest BCUT2D eigenvalue weighted by molar-refractivity contribution is 5.91. The third-order valence-corrected chi connectivity index (χ3v) is 10.4. The van der Waals surface area contributed by atoms with Crippen LogP contribution in [0.25, 0.3) is 0 Å². The summed E-state index contributed by atoms with van der Waals surface area (Å²) in [4.78, 5) is 41.9. The number of benzene rings is 4. The highest BCUT2D eigenvalue weighted by atomic mass is 19.3. The maximum atomic E-state index is 14.0.